The first kappa shape index (κ1) is 19.3. The van der Waals surface area contributed by atoms with Gasteiger partial charge in [0.25, 0.3) is 0 Å². The topological polar surface area (TPSA) is 119 Å². The van der Waals surface area contributed by atoms with Crippen LogP contribution in [-0.4, -0.2) is 28.4 Å². The van der Waals surface area contributed by atoms with E-state index < -0.39 is 5.92 Å². The van der Waals surface area contributed by atoms with Gasteiger partial charge < -0.3 is 19.9 Å². The third-order valence-corrected chi connectivity index (χ3v) is 4.79. The minimum atomic E-state index is -0.470. The molecule has 0 amide bonds. The van der Waals surface area contributed by atoms with Gasteiger partial charge in [-0.3, -0.25) is 10.1 Å². The summed E-state index contributed by atoms with van der Waals surface area (Å²) in [5.74, 6) is 1.24. The number of aromatic nitrogens is 3. The molecule has 8 heteroatoms. The lowest BCUT2D eigenvalue weighted by Crippen LogP contribution is -2.21. The predicted molar refractivity (Wildman–Crippen MR) is 110 cm³/mol. The van der Waals surface area contributed by atoms with Crippen LogP contribution in [0.1, 0.15) is 30.9 Å². The van der Waals surface area contributed by atoms with E-state index in [1.165, 1.54) is 0 Å². The Labute approximate surface area is 173 Å². The first-order chi connectivity index (χ1) is 14.7. The molecule has 0 radical (unpaired) electrons. The van der Waals surface area contributed by atoms with Crippen LogP contribution < -0.4 is 19.9 Å². The quantitative estimate of drug-likeness (QED) is 0.646. The molecule has 0 spiro atoms. The highest BCUT2D eigenvalue weighted by Gasteiger charge is 2.36. The molecule has 2 aromatic heterocycles. The van der Waals surface area contributed by atoms with Crippen LogP contribution in [0.4, 0.5) is 0 Å². The summed E-state index contributed by atoms with van der Waals surface area (Å²) in [4.78, 5) is 4.21. The predicted octanol–water partition coefficient (Wildman–Crippen LogP) is 3.49. The Balaban J connectivity index is 1.91. The van der Waals surface area contributed by atoms with E-state index in [9.17, 15) is 5.26 Å². The van der Waals surface area contributed by atoms with E-state index in [0.29, 0.717) is 47.4 Å². The Morgan fingerprint density at radius 3 is 2.77 bits per heavy atom. The smallest absolute Gasteiger partial charge is 0.244 e. The van der Waals surface area contributed by atoms with Crippen molar-refractivity contribution in [3.8, 4) is 34.7 Å². The Morgan fingerprint density at radius 1 is 1.23 bits per heavy atom. The van der Waals surface area contributed by atoms with Crippen molar-refractivity contribution in [1.82, 2.24) is 15.2 Å². The fourth-order valence-corrected chi connectivity index (χ4v) is 3.57. The molecule has 1 aromatic carbocycles. The lowest BCUT2D eigenvalue weighted by atomic mass is 9.83. The molecule has 1 atom stereocenters. The summed E-state index contributed by atoms with van der Waals surface area (Å²) >= 11 is 0. The van der Waals surface area contributed by atoms with Gasteiger partial charge in [-0.05, 0) is 37.6 Å². The Kier molecular flexibility index (Phi) is 5.26. The van der Waals surface area contributed by atoms with Crippen LogP contribution >= 0.6 is 0 Å². The molecule has 3 aromatic rings. The number of nitrogens with one attached hydrogen (secondary N) is 1. The van der Waals surface area contributed by atoms with Gasteiger partial charge in [-0.15, -0.1) is 5.10 Å². The second-order valence-corrected chi connectivity index (χ2v) is 6.55. The van der Waals surface area contributed by atoms with Crippen LogP contribution in [0.5, 0.6) is 17.4 Å². The number of hydrogen-bond acceptors (Lipinski definition) is 7. The molecule has 3 heterocycles. The number of aromatic amines is 1. The minimum Gasteiger partial charge on any atom is -0.494 e. The van der Waals surface area contributed by atoms with Gasteiger partial charge in [0, 0.05) is 24.0 Å². The molecular weight excluding hydrogens is 382 g/mol. The molecule has 1 aliphatic rings. The lowest BCUT2D eigenvalue weighted by Gasteiger charge is -2.24. The van der Waals surface area contributed by atoms with Gasteiger partial charge in [-0.1, -0.05) is 6.07 Å². The first-order valence-corrected chi connectivity index (χ1v) is 9.63. The van der Waals surface area contributed by atoms with Gasteiger partial charge in [-0.2, -0.15) is 5.26 Å². The van der Waals surface area contributed by atoms with Crippen LogP contribution in [0.3, 0.4) is 0 Å². The number of rotatable bonds is 6. The third-order valence-electron chi connectivity index (χ3n) is 4.79. The molecule has 0 saturated heterocycles. The van der Waals surface area contributed by atoms with Crippen molar-refractivity contribution < 1.29 is 14.2 Å². The molecule has 4 rings (SSSR count). The summed E-state index contributed by atoms with van der Waals surface area (Å²) in [6.45, 7) is 4.88. The lowest BCUT2D eigenvalue weighted by molar-refractivity contribution is 0.324. The van der Waals surface area contributed by atoms with E-state index >= 15 is 0 Å². The molecule has 1 aliphatic heterocycles. The molecule has 30 heavy (non-hydrogen) atoms. The van der Waals surface area contributed by atoms with Gasteiger partial charge in [-0.25, -0.2) is 0 Å². The van der Waals surface area contributed by atoms with Gasteiger partial charge in [0.05, 0.1) is 30.4 Å². The van der Waals surface area contributed by atoms with Gasteiger partial charge in [0.2, 0.25) is 11.8 Å². The zero-order valence-corrected chi connectivity index (χ0v) is 16.7. The Bertz CT molecular complexity index is 1130. The second kappa shape index (κ2) is 8.17. The highest BCUT2D eigenvalue weighted by atomic mass is 16.5. The number of benzene rings is 1. The highest BCUT2D eigenvalue weighted by Crippen LogP contribution is 2.47. The SMILES string of the molecule is CCOc1ccc(-c2[nH]nc3c2[C@@H](c2cccnc2)C(C#N)=C(N)O3)c(OCC)c1. The normalized spacial score (nSPS) is 15.2. The van der Waals surface area contributed by atoms with E-state index in [1.807, 2.05) is 44.2 Å². The first-order valence-electron chi connectivity index (χ1n) is 9.63. The zero-order chi connectivity index (χ0) is 21.1. The minimum absolute atomic E-state index is 0.0358. The summed E-state index contributed by atoms with van der Waals surface area (Å²) < 4.78 is 17.1. The van der Waals surface area contributed by atoms with Crippen molar-refractivity contribution >= 4 is 0 Å². The summed E-state index contributed by atoms with van der Waals surface area (Å²) in [5, 5.41) is 17.1. The second-order valence-electron chi connectivity index (χ2n) is 6.55. The molecule has 152 valence electrons. The van der Waals surface area contributed by atoms with Gasteiger partial charge >= 0.3 is 0 Å². The molecule has 3 N–H and O–H groups in total. The van der Waals surface area contributed by atoms with Crippen LogP contribution in [0.25, 0.3) is 11.3 Å². The average Bonchev–Trinajstić information content (AvgIpc) is 3.17. The Morgan fingerprint density at radius 2 is 2.07 bits per heavy atom. The number of pyridine rings is 1. The van der Waals surface area contributed by atoms with Crippen molar-refractivity contribution in [3.05, 3.63) is 65.3 Å². The van der Waals surface area contributed by atoms with Crippen molar-refractivity contribution in [2.24, 2.45) is 5.73 Å². The van der Waals surface area contributed by atoms with Gasteiger partial charge in [0.1, 0.15) is 23.1 Å². The van der Waals surface area contributed by atoms with Crippen molar-refractivity contribution in [3.63, 3.8) is 0 Å². The number of allylic oxidation sites excluding steroid dienone is 1. The standard InChI is InChI=1S/C22H21N5O3/c1-3-28-14-7-8-15(17(10-14)29-4-2)20-19-18(13-6-5-9-25-12-13)16(11-23)21(24)30-22(19)27-26-20/h5-10,12,18H,3-4,24H2,1-2H3,(H,26,27)/t18-/m0/s1. The molecule has 0 saturated carbocycles. The number of nitrogens with two attached hydrogens (primary N) is 1. The Hall–Kier alpha value is -3.99. The maximum atomic E-state index is 9.79. The highest BCUT2D eigenvalue weighted by molar-refractivity contribution is 5.76. The maximum absolute atomic E-state index is 9.79. The summed E-state index contributed by atoms with van der Waals surface area (Å²) in [7, 11) is 0. The average molecular weight is 403 g/mol. The maximum Gasteiger partial charge on any atom is 0.244 e. The van der Waals surface area contributed by atoms with Gasteiger partial charge in [0.15, 0.2) is 0 Å². The summed E-state index contributed by atoms with van der Waals surface area (Å²) in [5.41, 5.74) is 9.33. The molecule has 8 nitrogen and oxygen atoms in total. The van der Waals surface area contributed by atoms with E-state index in [0.717, 1.165) is 11.1 Å². The molecule has 0 fully saturated rings. The van der Waals surface area contributed by atoms with E-state index in [1.54, 1.807) is 12.4 Å². The number of fused-ring (bicyclic) bond motifs is 1. The molecule has 0 bridgehead atoms. The van der Waals surface area contributed by atoms with E-state index in [4.69, 9.17) is 19.9 Å². The monoisotopic (exact) mass is 403 g/mol. The molecule has 0 unspecified atom stereocenters. The van der Waals surface area contributed by atoms with Crippen LogP contribution in [0.15, 0.2) is 54.2 Å². The number of ether oxygens (including phenoxy) is 3. The number of hydrogen-bond donors (Lipinski definition) is 2. The fraction of sp³-hybridized carbons (Fsp3) is 0.227. The number of nitrogens with zero attached hydrogens (tertiary/aromatic N) is 3. The summed E-state index contributed by atoms with van der Waals surface area (Å²) in [6, 6.07) is 11.5. The fourth-order valence-electron chi connectivity index (χ4n) is 3.57. The number of H-pyrrole nitrogens is 1. The zero-order valence-electron chi connectivity index (χ0n) is 16.7. The number of nitriles is 1. The van der Waals surface area contributed by atoms with Crippen LogP contribution in [0.2, 0.25) is 0 Å². The van der Waals surface area contributed by atoms with Crippen molar-refractivity contribution in [1.29, 1.82) is 5.26 Å². The molecule has 0 aliphatic carbocycles. The van der Waals surface area contributed by atoms with Crippen LogP contribution in [-0.2, 0) is 0 Å². The van der Waals surface area contributed by atoms with Crippen molar-refractivity contribution in [2.45, 2.75) is 19.8 Å². The van der Waals surface area contributed by atoms with Crippen LogP contribution in [0, 0.1) is 11.3 Å². The third kappa shape index (κ3) is 3.31. The summed E-state index contributed by atoms with van der Waals surface area (Å²) in [6.07, 6.45) is 3.39. The van der Waals surface area contributed by atoms with E-state index in [2.05, 4.69) is 21.3 Å². The van der Waals surface area contributed by atoms with E-state index in [-0.39, 0.29) is 5.88 Å². The van der Waals surface area contributed by atoms with Crippen molar-refractivity contribution in [2.75, 3.05) is 13.2 Å². The molecular formula is C22H21N5O3. The largest absolute Gasteiger partial charge is 0.494 e.